The fourth-order valence-electron chi connectivity index (χ4n) is 2.43. The molecule has 2 amide bonds. The molecule has 6 nitrogen and oxygen atoms in total. The zero-order chi connectivity index (χ0) is 20.4. The van der Waals surface area contributed by atoms with Crippen LogP contribution in [0.5, 0.6) is 11.5 Å². The van der Waals surface area contributed by atoms with Crippen LogP contribution in [0.25, 0.3) is 0 Å². The van der Waals surface area contributed by atoms with Crippen LogP contribution in [-0.2, 0) is 4.79 Å². The molecule has 0 spiro atoms. The molecule has 0 aliphatic rings. The van der Waals surface area contributed by atoms with Gasteiger partial charge >= 0.3 is 0 Å². The summed E-state index contributed by atoms with van der Waals surface area (Å²) in [6.45, 7) is 6.77. The van der Waals surface area contributed by atoms with Crippen molar-refractivity contribution in [2.45, 2.75) is 39.5 Å². The molecule has 6 heteroatoms. The average molecular weight is 384 g/mol. The molecule has 0 aromatic heterocycles. The lowest BCUT2D eigenvalue weighted by molar-refractivity contribution is -0.123. The second-order valence-electron chi connectivity index (χ2n) is 6.54. The van der Waals surface area contributed by atoms with E-state index in [1.165, 1.54) is 5.56 Å². The number of rotatable bonds is 9. The molecule has 0 radical (unpaired) electrons. The Kier molecular flexibility index (Phi) is 8.34. The van der Waals surface area contributed by atoms with E-state index >= 15 is 0 Å². The summed E-state index contributed by atoms with van der Waals surface area (Å²) in [6.07, 6.45) is 1.98. The second kappa shape index (κ2) is 11.0. The Labute approximate surface area is 166 Å². The minimum atomic E-state index is -0.442. The van der Waals surface area contributed by atoms with E-state index < -0.39 is 11.8 Å². The molecule has 0 fully saturated rings. The maximum atomic E-state index is 12.1. The lowest BCUT2D eigenvalue weighted by Gasteiger charge is -2.11. The highest BCUT2D eigenvalue weighted by molar-refractivity contribution is 5.95. The van der Waals surface area contributed by atoms with Crippen molar-refractivity contribution in [1.82, 2.24) is 10.9 Å². The molecule has 0 bridgehead atoms. The van der Waals surface area contributed by atoms with Crippen molar-refractivity contribution in [1.29, 1.82) is 0 Å². The van der Waals surface area contributed by atoms with Crippen molar-refractivity contribution in [3.8, 4) is 11.5 Å². The van der Waals surface area contributed by atoms with Crippen LogP contribution in [0.3, 0.4) is 0 Å². The highest BCUT2D eigenvalue weighted by Crippen LogP contribution is 2.21. The molecule has 1 atom stereocenters. The van der Waals surface area contributed by atoms with Crippen LogP contribution in [0.1, 0.15) is 55.5 Å². The largest absolute Gasteiger partial charge is 0.494 e. The van der Waals surface area contributed by atoms with Gasteiger partial charge in [0.25, 0.3) is 11.8 Å². The summed E-state index contributed by atoms with van der Waals surface area (Å²) >= 11 is 0. The Morgan fingerprint density at radius 3 is 2.11 bits per heavy atom. The predicted molar refractivity (Wildman–Crippen MR) is 108 cm³/mol. The quantitative estimate of drug-likeness (QED) is 0.644. The van der Waals surface area contributed by atoms with Crippen molar-refractivity contribution in [3.05, 3.63) is 59.7 Å². The molecule has 0 unspecified atom stereocenters. The molecule has 28 heavy (non-hydrogen) atoms. The second-order valence-corrected chi connectivity index (χ2v) is 6.54. The lowest BCUT2D eigenvalue weighted by atomic mass is 9.99. The Morgan fingerprint density at radius 1 is 0.893 bits per heavy atom. The Balaban J connectivity index is 1.75. The van der Waals surface area contributed by atoms with E-state index in [0.717, 1.165) is 12.8 Å². The molecule has 0 aliphatic heterocycles. The minimum absolute atomic E-state index is 0.188. The predicted octanol–water partition coefficient (Wildman–Crippen LogP) is 3.83. The van der Waals surface area contributed by atoms with Crippen molar-refractivity contribution in [2.24, 2.45) is 0 Å². The Bertz CT molecular complexity index is 757. The smallest absolute Gasteiger partial charge is 0.276 e. The SMILES string of the molecule is CCCOc1ccc(C(=O)NNC(=O)COc2ccc([C@@H](C)CC)cc2)cc1. The first-order valence-corrected chi connectivity index (χ1v) is 9.58. The zero-order valence-electron chi connectivity index (χ0n) is 16.7. The van der Waals surface area contributed by atoms with E-state index in [-0.39, 0.29) is 6.61 Å². The third-order valence-electron chi connectivity index (χ3n) is 4.34. The third kappa shape index (κ3) is 6.61. The summed E-state index contributed by atoms with van der Waals surface area (Å²) in [6, 6.07) is 14.4. The van der Waals surface area contributed by atoms with Crippen LogP contribution in [0.4, 0.5) is 0 Å². The van der Waals surface area contributed by atoms with Gasteiger partial charge in [0.2, 0.25) is 0 Å². The summed E-state index contributed by atoms with van der Waals surface area (Å²) in [4.78, 5) is 23.9. The normalized spacial score (nSPS) is 11.4. The van der Waals surface area contributed by atoms with Crippen molar-refractivity contribution in [3.63, 3.8) is 0 Å². The van der Waals surface area contributed by atoms with Gasteiger partial charge in [-0.15, -0.1) is 0 Å². The average Bonchev–Trinajstić information content (AvgIpc) is 2.74. The van der Waals surface area contributed by atoms with Gasteiger partial charge in [-0.2, -0.15) is 0 Å². The van der Waals surface area contributed by atoms with Gasteiger partial charge in [0.1, 0.15) is 11.5 Å². The van der Waals surface area contributed by atoms with E-state index in [4.69, 9.17) is 9.47 Å². The van der Waals surface area contributed by atoms with E-state index in [2.05, 4.69) is 24.7 Å². The molecule has 0 saturated carbocycles. The summed E-state index contributed by atoms with van der Waals surface area (Å²) in [5.74, 6) is 0.946. The summed E-state index contributed by atoms with van der Waals surface area (Å²) < 4.78 is 10.9. The van der Waals surface area contributed by atoms with Gasteiger partial charge in [-0.05, 0) is 60.7 Å². The number of nitrogens with one attached hydrogen (secondary N) is 2. The monoisotopic (exact) mass is 384 g/mol. The van der Waals surface area contributed by atoms with Gasteiger partial charge in [-0.25, -0.2) is 0 Å². The van der Waals surface area contributed by atoms with Crippen LogP contribution in [-0.4, -0.2) is 25.0 Å². The molecule has 2 N–H and O–H groups in total. The lowest BCUT2D eigenvalue weighted by Crippen LogP contribution is -2.43. The summed E-state index contributed by atoms with van der Waals surface area (Å²) in [5.41, 5.74) is 6.37. The molecule has 2 aromatic rings. The maximum Gasteiger partial charge on any atom is 0.276 e. The molecule has 2 rings (SSSR count). The topological polar surface area (TPSA) is 76.7 Å². The van der Waals surface area contributed by atoms with E-state index in [1.54, 1.807) is 24.3 Å². The number of carbonyl (C=O) groups excluding carboxylic acids is 2. The van der Waals surface area contributed by atoms with Crippen LogP contribution in [0.15, 0.2) is 48.5 Å². The fourth-order valence-corrected chi connectivity index (χ4v) is 2.43. The van der Waals surface area contributed by atoms with Crippen molar-refractivity contribution < 1.29 is 19.1 Å². The third-order valence-corrected chi connectivity index (χ3v) is 4.34. The molecular formula is C22H28N2O4. The van der Waals surface area contributed by atoms with E-state index in [0.29, 0.717) is 29.6 Å². The van der Waals surface area contributed by atoms with Crippen molar-refractivity contribution >= 4 is 11.8 Å². The molecule has 0 saturated heterocycles. The number of hydrogen-bond donors (Lipinski definition) is 2. The van der Waals surface area contributed by atoms with Gasteiger partial charge in [-0.1, -0.05) is 32.9 Å². The van der Waals surface area contributed by atoms with Crippen molar-refractivity contribution in [2.75, 3.05) is 13.2 Å². The minimum Gasteiger partial charge on any atom is -0.494 e. The van der Waals surface area contributed by atoms with E-state index in [9.17, 15) is 9.59 Å². The number of carbonyl (C=O) groups is 2. The maximum absolute atomic E-state index is 12.1. The van der Waals surface area contributed by atoms with Crippen LogP contribution >= 0.6 is 0 Å². The van der Waals surface area contributed by atoms with Crippen LogP contribution in [0, 0.1) is 0 Å². The highest BCUT2D eigenvalue weighted by atomic mass is 16.5. The van der Waals surface area contributed by atoms with Crippen LogP contribution < -0.4 is 20.3 Å². The number of ether oxygens (including phenoxy) is 2. The van der Waals surface area contributed by atoms with Gasteiger partial charge in [0.15, 0.2) is 6.61 Å². The first-order chi connectivity index (χ1) is 13.5. The molecule has 150 valence electrons. The van der Waals surface area contributed by atoms with Crippen LogP contribution in [0.2, 0.25) is 0 Å². The fraction of sp³-hybridized carbons (Fsp3) is 0.364. The number of benzene rings is 2. The summed E-state index contributed by atoms with van der Waals surface area (Å²) in [5, 5.41) is 0. The number of hydrogen-bond acceptors (Lipinski definition) is 4. The van der Waals surface area contributed by atoms with E-state index in [1.807, 2.05) is 31.2 Å². The molecular weight excluding hydrogens is 356 g/mol. The Hall–Kier alpha value is -3.02. The van der Waals surface area contributed by atoms with Gasteiger partial charge < -0.3 is 9.47 Å². The first kappa shape index (κ1) is 21.3. The van der Waals surface area contributed by atoms with Gasteiger partial charge in [0, 0.05) is 5.56 Å². The standard InChI is InChI=1S/C22H28N2O4/c1-4-14-27-19-12-8-18(9-13-19)22(26)24-23-21(25)15-28-20-10-6-17(7-11-20)16(3)5-2/h6-13,16H,4-5,14-15H2,1-3H3,(H,23,25)(H,24,26)/t16-/m0/s1. The first-order valence-electron chi connectivity index (χ1n) is 9.58. The zero-order valence-corrected chi connectivity index (χ0v) is 16.7. The van der Waals surface area contributed by atoms with Gasteiger partial charge in [0.05, 0.1) is 6.61 Å². The highest BCUT2D eigenvalue weighted by Gasteiger charge is 2.09. The number of hydrazine groups is 1. The molecule has 0 aliphatic carbocycles. The summed E-state index contributed by atoms with van der Waals surface area (Å²) in [7, 11) is 0. The number of amides is 2. The Morgan fingerprint density at radius 2 is 1.50 bits per heavy atom. The van der Waals surface area contributed by atoms with Gasteiger partial charge in [-0.3, -0.25) is 20.4 Å². The molecule has 0 heterocycles. The molecule has 2 aromatic carbocycles.